The molecule has 1 N–H and O–H groups in total. The molecule has 3 rings (SSSR count). The summed E-state index contributed by atoms with van der Waals surface area (Å²) < 4.78 is 24.0. The van der Waals surface area contributed by atoms with Crippen LogP contribution in [0.1, 0.15) is 16.9 Å². The molecule has 0 unspecified atom stereocenters. The van der Waals surface area contributed by atoms with Gasteiger partial charge in [-0.3, -0.25) is 4.79 Å². The number of nitrogens with one attached hydrogen (secondary N) is 1. The average Bonchev–Trinajstić information content (AvgIpc) is 2.87. The van der Waals surface area contributed by atoms with Gasteiger partial charge in [0, 0.05) is 17.1 Å². The number of aromatic nitrogens is 2. The number of furan rings is 1. The predicted molar refractivity (Wildman–Crippen MR) is 90.0 cm³/mol. The zero-order valence-corrected chi connectivity index (χ0v) is 14.4. The third kappa shape index (κ3) is 3.71. The Morgan fingerprint density at radius 1 is 1.36 bits per heavy atom. The molecule has 3 aromatic rings. The minimum absolute atomic E-state index is 0.171. The van der Waals surface area contributed by atoms with Crippen LogP contribution in [0.2, 0.25) is 5.02 Å². The number of benzene rings is 1. The Morgan fingerprint density at radius 3 is 2.92 bits per heavy atom. The normalized spacial score (nSPS) is 10.9. The minimum atomic E-state index is -0.429. The number of nitrogens with zero attached hydrogens (tertiary/aromatic N) is 2. The van der Waals surface area contributed by atoms with E-state index in [4.69, 9.17) is 20.8 Å². The second-order valence-electron chi connectivity index (χ2n) is 5.44. The molecule has 0 atom stereocenters. The van der Waals surface area contributed by atoms with Crippen LogP contribution in [0.4, 0.5) is 4.39 Å². The summed E-state index contributed by atoms with van der Waals surface area (Å²) in [5.74, 6) is 0.219. The standard InChI is InChI=1S/C17H15ClFN3O3/c1-9-10(2)25-17-15(9)16(21-8-22-17)24-7-14(23)20-6-11-3-4-12(19)5-13(11)18/h3-5,8H,6-7H2,1-2H3,(H,20,23). The average molecular weight is 364 g/mol. The number of aryl methyl sites for hydroxylation is 2. The number of halogens is 2. The molecule has 25 heavy (non-hydrogen) atoms. The van der Waals surface area contributed by atoms with Crippen molar-refractivity contribution >= 4 is 28.6 Å². The van der Waals surface area contributed by atoms with Crippen LogP contribution in [0.3, 0.4) is 0 Å². The first-order valence-electron chi connectivity index (χ1n) is 7.50. The van der Waals surface area contributed by atoms with Crippen molar-refractivity contribution in [2.45, 2.75) is 20.4 Å². The molecule has 130 valence electrons. The van der Waals surface area contributed by atoms with Crippen molar-refractivity contribution in [3.63, 3.8) is 0 Å². The number of hydrogen-bond acceptors (Lipinski definition) is 5. The molecule has 8 heteroatoms. The predicted octanol–water partition coefficient (Wildman–Crippen LogP) is 3.33. The van der Waals surface area contributed by atoms with E-state index in [2.05, 4.69) is 15.3 Å². The van der Waals surface area contributed by atoms with E-state index < -0.39 is 5.82 Å². The zero-order chi connectivity index (χ0) is 18.0. The van der Waals surface area contributed by atoms with E-state index in [0.29, 0.717) is 16.7 Å². The monoisotopic (exact) mass is 363 g/mol. The van der Waals surface area contributed by atoms with E-state index in [0.717, 1.165) is 11.3 Å². The molecule has 0 bridgehead atoms. The smallest absolute Gasteiger partial charge is 0.258 e. The van der Waals surface area contributed by atoms with E-state index in [9.17, 15) is 9.18 Å². The molecule has 2 aromatic heterocycles. The van der Waals surface area contributed by atoms with Crippen LogP contribution in [0.5, 0.6) is 5.88 Å². The summed E-state index contributed by atoms with van der Waals surface area (Å²) in [6.45, 7) is 3.63. The van der Waals surface area contributed by atoms with Crippen molar-refractivity contribution in [1.82, 2.24) is 15.3 Å². The molecular formula is C17H15ClFN3O3. The number of amides is 1. The summed E-state index contributed by atoms with van der Waals surface area (Å²) in [5.41, 5.74) is 1.89. The fraction of sp³-hybridized carbons (Fsp3) is 0.235. The van der Waals surface area contributed by atoms with E-state index in [1.165, 1.54) is 24.5 Å². The number of carbonyl (C=O) groups excluding carboxylic acids is 1. The summed E-state index contributed by atoms with van der Waals surface area (Å²) in [6.07, 6.45) is 1.32. The molecule has 1 amide bonds. The maximum Gasteiger partial charge on any atom is 0.258 e. The Hall–Kier alpha value is -2.67. The number of fused-ring (bicyclic) bond motifs is 1. The van der Waals surface area contributed by atoms with E-state index in [1.54, 1.807) is 0 Å². The SMILES string of the molecule is Cc1oc2ncnc(OCC(=O)NCc3ccc(F)cc3Cl)c2c1C. The number of rotatable bonds is 5. The molecule has 0 radical (unpaired) electrons. The third-order valence-corrected chi connectivity index (χ3v) is 4.11. The maximum atomic E-state index is 13.0. The van der Waals surface area contributed by atoms with Crippen molar-refractivity contribution in [3.8, 4) is 5.88 Å². The van der Waals surface area contributed by atoms with E-state index >= 15 is 0 Å². The van der Waals surface area contributed by atoms with Gasteiger partial charge in [0.2, 0.25) is 11.6 Å². The van der Waals surface area contributed by atoms with Crippen molar-refractivity contribution < 1.29 is 18.3 Å². The lowest BCUT2D eigenvalue weighted by Crippen LogP contribution is -2.28. The van der Waals surface area contributed by atoms with E-state index in [-0.39, 0.29) is 30.0 Å². The van der Waals surface area contributed by atoms with Crippen molar-refractivity contribution in [1.29, 1.82) is 0 Å². The molecule has 0 saturated carbocycles. The Morgan fingerprint density at radius 2 is 2.16 bits per heavy atom. The van der Waals surface area contributed by atoms with Gasteiger partial charge >= 0.3 is 0 Å². The fourth-order valence-electron chi connectivity index (χ4n) is 2.30. The van der Waals surface area contributed by atoms with Crippen LogP contribution in [0.25, 0.3) is 11.1 Å². The van der Waals surface area contributed by atoms with Gasteiger partial charge in [-0.15, -0.1) is 0 Å². The summed E-state index contributed by atoms with van der Waals surface area (Å²) in [5, 5.41) is 3.56. The highest BCUT2D eigenvalue weighted by Crippen LogP contribution is 2.29. The molecule has 0 aliphatic rings. The number of ether oxygens (including phenoxy) is 1. The largest absolute Gasteiger partial charge is 0.467 e. The van der Waals surface area contributed by atoms with Crippen molar-refractivity contribution in [2.75, 3.05) is 6.61 Å². The lowest BCUT2D eigenvalue weighted by Gasteiger charge is -2.08. The van der Waals surface area contributed by atoms with Gasteiger partial charge in [0.15, 0.2) is 6.61 Å². The van der Waals surface area contributed by atoms with E-state index in [1.807, 2.05) is 13.8 Å². The Bertz CT molecular complexity index is 942. The Balaban J connectivity index is 1.63. The van der Waals surface area contributed by atoms with Crippen molar-refractivity contribution in [3.05, 3.63) is 52.3 Å². The molecule has 1 aromatic carbocycles. The van der Waals surface area contributed by atoms with Crippen LogP contribution in [0.15, 0.2) is 28.9 Å². The van der Waals surface area contributed by atoms with Crippen LogP contribution in [0, 0.1) is 19.7 Å². The minimum Gasteiger partial charge on any atom is -0.467 e. The fourth-order valence-corrected chi connectivity index (χ4v) is 2.54. The van der Waals surface area contributed by atoms with Crippen LogP contribution in [-0.2, 0) is 11.3 Å². The number of carbonyl (C=O) groups is 1. The maximum absolute atomic E-state index is 13.0. The second-order valence-corrected chi connectivity index (χ2v) is 5.85. The summed E-state index contributed by atoms with van der Waals surface area (Å²) in [7, 11) is 0. The zero-order valence-electron chi connectivity index (χ0n) is 13.6. The highest BCUT2D eigenvalue weighted by molar-refractivity contribution is 6.31. The van der Waals surface area contributed by atoms with Gasteiger partial charge in [-0.05, 0) is 31.5 Å². The second kappa shape index (κ2) is 7.06. The molecule has 0 spiro atoms. The van der Waals surface area contributed by atoms with Crippen molar-refractivity contribution in [2.24, 2.45) is 0 Å². The van der Waals surface area contributed by atoms with Gasteiger partial charge in [0.25, 0.3) is 5.91 Å². The quantitative estimate of drug-likeness (QED) is 0.752. The first-order chi connectivity index (χ1) is 12.0. The molecule has 0 aliphatic heterocycles. The summed E-state index contributed by atoms with van der Waals surface area (Å²) in [6, 6.07) is 4.00. The first kappa shape index (κ1) is 17.2. The molecule has 0 saturated heterocycles. The topological polar surface area (TPSA) is 77.2 Å². The lowest BCUT2D eigenvalue weighted by molar-refractivity contribution is -0.123. The third-order valence-electron chi connectivity index (χ3n) is 3.76. The van der Waals surface area contributed by atoms with Gasteiger partial charge in [-0.25, -0.2) is 14.4 Å². The van der Waals surface area contributed by atoms with Gasteiger partial charge in [0.05, 0.1) is 0 Å². The number of hydrogen-bond donors (Lipinski definition) is 1. The Labute approximate surface area is 148 Å². The van der Waals surface area contributed by atoms with Gasteiger partial charge in [-0.1, -0.05) is 17.7 Å². The highest BCUT2D eigenvalue weighted by Gasteiger charge is 2.15. The van der Waals surface area contributed by atoms with Gasteiger partial charge in [-0.2, -0.15) is 0 Å². The highest BCUT2D eigenvalue weighted by atomic mass is 35.5. The van der Waals surface area contributed by atoms with Crippen LogP contribution in [-0.4, -0.2) is 22.5 Å². The van der Waals surface area contributed by atoms with Gasteiger partial charge < -0.3 is 14.5 Å². The van der Waals surface area contributed by atoms with Crippen LogP contribution >= 0.6 is 11.6 Å². The first-order valence-corrected chi connectivity index (χ1v) is 7.87. The van der Waals surface area contributed by atoms with Gasteiger partial charge in [0.1, 0.15) is 23.3 Å². The molecule has 2 heterocycles. The molecule has 0 fully saturated rings. The molecular weight excluding hydrogens is 349 g/mol. The lowest BCUT2D eigenvalue weighted by atomic mass is 10.2. The molecule has 6 nitrogen and oxygen atoms in total. The summed E-state index contributed by atoms with van der Waals surface area (Å²) in [4.78, 5) is 20.1. The summed E-state index contributed by atoms with van der Waals surface area (Å²) >= 11 is 5.92. The Kier molecular flexibility index (Phi) is 4.85. The van der Waals surface area contributed by atoms with Crippen LogP contribution < -0.4 is 10.1 Å². The molecule has 0 aliphatic carbocycles.